The number of benzene rings is 2. The normalized spacial score (nSPS) is 15.9. The number of methoxy groups -OCH3 is 1. The van der Waals surface area contributed by atoms with Crippen LogP contribution >= 0.6 is 0 Å². The van der Waals surface area contributed by atoms with Gasteiger partial charge in [0.1, 0.15) is 0 Å². The van der Waals surface area contributed by atoms with Crippen LogP contribution in [0, 0.1) is 0 Å². The summed E-state index contributed by atoms with van der Waals surface area (Å²) in [4.78, 5) is 19.4. The number of ether oxygens (including phenoxy) is 2. The lowest BCUT2D eigenvalue weighted by Crippen LogP contribution is -2.37. The molecule has 0 N–H and O–H groups in total. The molecule has 1 fully saturated rings. The van der Waals surface area contributed by atoms with Crippen LogP contribution in [-0.4, -0.2) is 61.7 Å². The summed E-state index contributed by atoms with van der Waals surface area (Å²) >= 11 is 0. The zero-order chi connectivity index (χ0) is 24.7. The van der Waals surface area contributed by atoms with Crippen LogP contribution in [0.3, 0.4) is 0 Å². The molecule has 8 nitrogen and oxygen atoms in total. The number of aromatic nitrogens is 2. The topological polar surface area (TPSA) is 90.7 Å². The van der Waals surface area contributed by atoms with Gasteiger partial charge in [-0.1, -0.05) is 48.5 Å². The van der Waals surface area contributed by atoms with Crippen LogP contribution in [0.4, 0.5) is 0 Å². The van der Waals surface area contributed by atoms with E-state index in [-0.39, 0.29) is 29.5 Å². The Morgan fingerprint density at radius 1 is 1.14 bits per heavy atom. The zero-order valence-corrected chi connectivity index (χ0v) is 20.7. The third-order valence-corrected chi connectivity index (χ3v) is 7.60. The third kappa shape index (κ3) is 6.36. The largest absolute Gasteiger partial charge is 0.383 e. The van der Waals surface area contributed by atoms with Crippen molar-refractivity contribution in [1.82, 2.24) is 14.5 Å². The van der Waals surface area contributed by atoms with Crippen LogP contribution in [0.1, 0.15) is 34.5 Å². The van der Waals surface area contributed by atoms with Crippen LogP contribution in [0.25, 0.3) is 0 Å². The number of carbonyl (C=O) groups is 1. The Morgan fingerprint density at radius 2 is 1.86 bits per heavy atom. The van der Waals surface area contributed by atoms with Crippen molar-refractivity contribution in [2.75, 3.05) is 26.9 Å². The molecule has 0 aliphatic carbocycles. The Morgan fingerprint density at radius 3 is 2.51 bits per heavy atom. The first kappa shape index (κ1) is 25.1. The zero-order valence-electron chi connectivity index (χ0n) is 19.9. The average Bonchev–Trinajstić information content (AvgIpc) is 3.53. The number of imidazole rings is 1. The van der Waals surface area contributed by atoms with E-state index in [0.717, 1.165) is 12.8 Å². The predicted molar refractivity (Wildman–Crippen MR) is 132 cm³/mol. The number of rotatable bonds is 11. The minimum Gasteiger partial charge on any atom is -0.383 e. The molecule has 2 aromatic carbocycles. The highest BCUT2D eigenvalue weighted by Crippen LogP contribution is 2.21. The molecule has 1 aliphatic rings. The molecule has 9 heteroatoms. The molecular weight excluding hydrogens is 466 g/mol. The fourth-order valence-electron chi connectivity index (χ4n) is 4.26. The van der Waals surface area contributed by atoms with Crippen molar-refractivity contribution < 1.29 is 22.7 Å². The van der Waals surface area contributed by atoms with Gasteiger partial charge in [0.05, 0.1) is 36.9 Å². The summed E-state index contributed by atoms with van der Waals surface area (Å²) in [7, 11) is -2.15. The van der Waals surface area contributed by atoms with Gasteiger partial charge in [0.2, 0.25) is 15.0 Å². The molecule has 1 atom stereocenters. The molecular formula is C26H31N3O5S. The second kappa shape index (κ2) is 11.6. The maximum atomic E-state index is 13.4. The van der Waals surface area contributed by atoms with Gasteiger partial charge in [0.15, 0.2) is 0 Å². The molecule has 1 aliphatic heterocycles. The van der Waals surface area contributed by atoms with Crippen molar-refractivity contribution in [3.63, 3.8) is 0 Å². The Hall–Kier alpha value is -3.01. The van der Waals surface area contributed by atoms with Gasteiger partial charge >= 0.3 is 0 Å². The van der Waals surface area contributed by atoms with Crippen molar-refractivity contribution in [3.8, 4) is 0 Å². The van der Waals surface area contributed by atoms with Gasteiger partial charge in [-0.2, -0.15) is 0 Å². The van der Waals surface area contributed by atoms with Crippen molar-refractivity contribution >= 4 is 15.7 Å². The summed E-state index contributed by atoms with van der Waals surface area (Å²) in [6, 6.07) is 18.1. The van der Waals surface area contributed by atoms with E-state index in [0.29, 0.717) is 43.1 Å². The minimum atomic E-state index is -3.72. The SMILES string of the molecule is COCCn1c(CN(C[C@H]2CCCO2)C(=O)c2ccccc2)cnc1S(=O)(=O)Cc1ccccc1. The van der Waals surface area contributed by atoms with Crippen molar-refractivity contribution in [2.45, 2.75) is 42.9 Å². The first-order valence-corrected chi connectivity index (χ1v) is 13.4. The molecule has 1 amide bonds. The molecule has 35 heavy (non-hydrogen) atoms. The molecule has 186 valence electrons. The number of nitrogens with zero attached hydrogens (tertiary/aromatic N) is 3. The summed E-state index contributed by atoms with van der Waals surface area (Å²) in [5, 5.41) is -0.0161. The smallest absolute Gasteiger partial charge is 0.254 e. The highest BCUT2D eigenvalue weighted by Gasteiger charge is 2.28. The van der Waals surface area contributed by atoms with Gasteiger partial charge in [0.25, 0.3) is 5.91 Å². The van der Waals surface area contributed by atoms with Gasteiger partial charge in [-0.05, 0) is 30.5 Å². The van der Waals surface area contributed by atoms with Gasteiger partial charge in [-0.3, -0.25) is 4.79 Å². The Kier molecular flexibility index (Phi) is 8.33. The number of sulfone groups is 1. The van der Waals surface area contributed by atoms with Crippen molar-refractivity contribution in [2.24, 2.45) is 0 Å². The Balaban J connectivity index is 1.64. The Labute approximate surface area is 206 Å². The standard InChI is InChI=1S/C26H31N3O5S/c1-33-16-14-29-23(17-27-26(29)35(31,32)20-21-9-4-2-5-10-21)18-28(19-24-13-8-15-34-24)25(30)22-11-6-3-7-12-22/h2-7,9-12,17,24H,8,13-16,18-20H2,1H3/t24-/m1/s1. The molecule has 1 saturated heterocycles. The molecule has 3 aromatic rings. The first-order valence-electron chi connectivity index (χ1n) is 11.7. The highest BCUT2D eigenvalue weighted by atomic mass is 32.2. The van der Waals surface area contributed by atoms with Crippen molar-refractivity contribution in [1.29, 1.82) is 0 Å². The average molecular weight is 498 g/mol. The van der Waals surface area contributed by atoms with E-state index >= 15 is 0 Å². The number of carbonyl (C=O) groups excluding carboxylic acids is 1. The van der Waals surface area contributed by atoms with E-state index in [4.69, 9.17) is 9.47 Å². The summed E-state index contributed by atoms with van der Waals surface area (Å²) in [6.07, 6.45) is 3.36. The van der Waals surface area contributed by atoms with Crippen LogP contribution < -0.4 is 0 Å². The predicted octanol–water partition coefficient (Wildman–Crippen LogP) is 3.32. The van der Waals surface area contributed by atoms with Gasteiger partial charge < -0.3 is 18.9 Å². The monoisotopic (exact) mass is 497 g/mol. The van der Waals surface area contributed by atoms with Gasteiger partial charge in [0, 0.05) is 32.4 Å². The summed E-state index contributed by atoms with van der Waals surface area (Å²) in [5.41, 5.74) is 1.90. The van der Waals surface area contributed by atoms with Crippen LogP contribution in [0.2, 0.25) is 0 Å². The molecule has 0 saturated carbocycles. The molecule has 4 rings (SSSR count). The molecule has 0 bridgehead atoms. The fourth-order valence-corrected chi connectivity index (χ4v) is 5.78. The lowest BCUT2D eigenvalue weighted by atomic mass is 10.1. The van der Waals surface area contributed by atoms with E-state index < -0.39 is 9.84 Å². The highest BCUT2D eigenvalue weighted by molar-refractivity contribution is 7.90. The quantitative estimate of drug-likeness (QED) is 0.404. The van der Waals surface area contributed by atoms with E-state index in [2.05, 4.69) is 4.98 Å². The lowest BCUT2D eigenvalue weighted by Gasteiger charge is -2.26. The van der Waals surface area contributed by atoms with Crippen LogP contribution in [0.5, 0.6) is 0 Å². The molecule has 0 unspecified atom stereocenters. The van der Waals surface area contributed by atoms with E-state index in [1.165, 1.54) is 0 Å². The van der Waals surface area contributed by atoms with Gasteiger partial charge in [-0.25, -0.2) is 13.4 Å². The fraction of sp³-hybridized carbons (Fsp3) is 0.385. The first-order chi connectivity index (χ1) is 17.0. The lowest BCUT2D eigenvalue weighted by molar-refractivity contribution is 0.0500. The van der Waals surface area contributed by atoms with E-state index in [9.17, 15) is 13.2 Å². The number of amides is 1. The summed E-state index contributed by atoms with van der Waals surface area (Å²) < 4.78 is 39.3. The van der Waals surface area contributed by atoms with Crippen LogP contribution in [-0.2, 0) is 38.2 Å². The summed E-state index contributed by atoms with van der Waals surface area (Å²) in [5.74, 6) is -0.283. The molecule has 0 radical (unpaired) electrons. The second-order valence-electron chi connectivity index (χ2n) is 8.61. The third-order valence-electron chi connectivity index (χ3n) is 6.01. The van der Waals surface area contributed by atoms with Crippen LogP contribution in [0.15, 0.2) is 72.0 Å². The number of hydrogen-bond donors (Lipinski definition) is 0. The van der Waals surface area contributed by atoms with E-state index in [1.807, 2.05) is 36.4 Å². The van der Waals surface area contributed by atoms with Crippen molar-refractivity contribution in [3.05, 3.63) is 83.7 Å². The maximum absolute atomic E-state index is 13.4. The maximum Gasteiger partial charge on any atom is 0.254 e. The van der Waals surface area contributed by atoms with Gasteiger partial charge in [-0.15, -0.1) is 0 Å². The minimum absolute atomic E-state index is 0.0161. The second-order valence-corrected chi connectivity index (χ2v) is 10.5. The van der Waals surface area contributed by atoms with E-state index in [1.54, 1.807) is 47.0 Å². The number of hydrogen-bond acceptors (Lipinski definition) is 6. The molecule has 1 aromatic heterocycles. The molecule has 2 heterocycles. The molecule has 0 spiro atoms. The summed E-state index contributed by atoms with van der Waals surface area (Å²) in [6.45, 7) is 1.95. The Bertz CT molecular complexity index is 1210.